The fraction of sp³-hybridized carbons (Fsp3) is 0. The maximum absolute atomic E-state index is 5.74. The third-order valence-corrected chi connectivity index (χ3v) is 27.6. The first kappa shape index (κ1) is 79.7. The Morgan fingerprint density at radius 2 is 0.423 bits per heavy atom. The molecule has 0 atom stereocenters. The summed E-state index contributed by atoms with van der Waals surface area (Å²) in [5.74, 6) is 1.59. The molecule has 4 aromatic heterocycles. The van der Waals surface area contributed by atoms with E-state index < -0.39 is 0 Å². The molecule has 0 amide bonds. The Morgan fingerprint density at radius 3 is 0.818 bits per heavy atom. The Bertz CT molecular complexity index is 9430. The van der Waals surface area contributed by atoms with Crippen molar-refractivity contribution in [3.63, 3.8) is 0 Å². The van der Waals surface area contributed by atoms with Gasteiger partial charge in [0.15, 0.2) is 5.82 Å². The predicted molar refractivity (Wildman–Crippen MR) is 576 cm³/mol. The molecule has 0 bridgehead atoms. The molecule has 27 rings (SSSR count). The molecule has 0 N–H and O–H groups in total. The standard InChI is InChI=1S/C68H43N3.C63H39N3/c1-4-20-45(21-5-1)65-67(46-22-6-2-7-23-46)71(68(70-65)47-24-8-3-9-25-47)50-38-36-44(37-39-50)59-42-63-61(60-40-48-26-10-12-28-51(48)53-30-14-16-32-55(53)60)43-64(69-66(63)58-35-19-18-34-57(58)59)62-41-49-27-11-13-29-52(49)54-31-15-17-33-56(54)62;1-3-17-41(18-4-1)59-39-60(66-63(65-59)43-19-5-2-6-20-43)42-33-31-40(32-34-42)54-37-58-56(55-35-44-21-7-9-23-46(44)48-25-11-13-27-50(48)55)38-61(64-62(58)53-30-16-15-29-52(53)54)57-36-45-22-8-10-24-47(45)49-26-12-14-28-51(49)57/h1-43H;1-39H. The van der Waals surface area contributed by atoms with Crippen LogP contribution in [0.25, 0.3) is 270 Å². The molecular formula is C131H82N6. The molecule has 4 heterocycles. The number of nitrogens with zero attached hydrogens (tertiary/aromatic N) is 6. The highest BCUT2D eigenvalue weighted by molar-refractivity contribution is 6.25. The summed E-state index contributed by atoms with van der Waals surface area (Å²) in [5, 5.41) is 26.3. The van der Waals surface area contributed by atoms with Gasteiger partial charge in [-0.2, -0.15) is 0 Å². The van der Waals surface area contributed by atoms with Crippen molar-refractivity contribution in [2.45, 2.75) is 0 Å². The average molecular weight is 1740 g/mol. The maximum Gasteiger partial charge on any atom is 0.160 e. The first-order valence-electron chi connectivity index (χ1n) is 46.8. The summed E-state index contributed by atoms with van der Waals surface area (Å²) < 4.78 is 2.33. The summed E-state index contributed by atoms with van der Waals surface area (Å²) in [4.78, 5) is 27.1. The number of benzene rings is 23. The van der Waals surface area contributed by atoms with Crippen LogP contribution >= 0.6 is 0 Å². The molecule has 0 aliphatic rings. The maximum atomic E-state index is 5.74. The van der Waals surface area contributed by atoms with Crippen molar-refractivity contribution in [1.82, 2.24) is 29.5 Å². The second-order valence-corrected chi connectivity index (χ2v) is 35.5. The third kappa shape index (κ3) is 14.0. The molecule has 27 aromatic rings. The Hall–Kier alpha value is -18.2. The molecule has 6 heteroatoms. The molecule has 0 saturated heterocycles. The second-order valence-electron chi connectivity index (χ2n) is 35.5. The largest absolute Gasteiger partial charge is 0.292 e. The highest BCUT2D eigenvalue weighted by atomic mass is 15.1. The number of hydrogen-bond donors (Lipinski definition) is 0. The van der Waals surface area contributed by atoms with Gasteiger partial charge in [0.25, 0.3) is 0 Å². The zero-order chi connectivity index (χ0) is 90.4. The topological polar surface area (TPSA) is 69.4 Å². The highest BCUT2D eigenvalue weighted by Gasteiger charge is 2.27. The van der Waals surface area contributed by atoms with Gasteiger partial charge < -0.3 is 0 Å². The van der Waals surface area contributed by atoms with Crippen LogP contribution in [0.3, 0.4) is 0 Å². The zero-order valence-corrected chi connectivity index (χ0v) is 74.5. The molecule has 0 unspecified atom stereocenters. The van der Waals surface area contributed by atoms with Crippen LogP contribution in [0.4, 0.5) is 0 Å². The highest BCUT2D eigenvalue weighted by Crippen LogP contribution is 2.50. The molecule has 137 heavy (non-hydrogen) atoms. The summed E-state index contributed by atoms with van der Waals surface area (Å²) in [5.41, 5.74) is 26.4. The number of hydrogen-bond acceptors (Lipinski definition) is 5. The van der Waals surface area contributed by atoms with E-state index in [1.54, 1.807) is 0 Å². The van der Waals surface area contributed by atoms with Gasteiger partial charge in [-0.05, 0) is 208 Å². The van der Waals surface area contributed by atoms with Crippen molar-refractivity contribution in [2.24, 2.45) is 0 Å². The van der Waals surface area contributed by atoms with Crippen LogP contribution in [0.1, 0.15) is 0 Å². The van der Waals surface area contributed by atoms with Crippen LogP contribution in [0, 0.1) is 0 Å². The number of fused-ring (bicyclic) bond motifs is 18. The SMILES string of the molecule is c1ccc(-c2cc(-c3ccc(-c4cc5c(-c6cc7ccccc7c7ccccc67)cc(-c6cc7ccccc7c7ccccc67)nc5c5ccccc45)cc3)nc(-c3ccccc3)n2)cc1.c1ccc(-c2nc(-c3ccccc3)n(-c3ccc(-c4cc5c(-c6cc7ccccc7c7ccccc67)cc(-c6cc7ccccc7c7ccccc67)nc5c5ccccc45)cc3)c2-c2ccccc2)cc1. The van der Waals surface area contributed by atoms with Crippen LogP contribution in [0.2, 0.25) is 0 Å². The van der Waals surface area contributed by atoms with Gasteiger partial charge in [-0.1, -0.05) is 431 Å². The van der Waals surface area contributed by atoms with Gasteiger partial charge >= 0.3 is 0 Å². The van der Waals surface area contributed by atoms with E-state index in [1.807, 2.05) is 24.3 Å². The van der Waals surface area contributed by atoms with Crippen molar-refractivity contribution in [1.29, 1.82) is 0 Å². The van der Waals surface area contributed by atoms with Gasteiger partial charge in [-0.25, -0.2) is 24.9 Å². The zero-order valence-electron chi connectivity index (χ0n) is 74.5. The first-order valence-corrected chi connectivity index (χ1v) is 46.8. The van der Waals surface area contributed by atoms with E-state index in [0.29, 0.717) is 5.82 Å². The summed E-state index contributed by atoms with van der Waals surface area (Å²) in [6.45, 7) is 0. The molecule has 6 nitrogen and oxygen atoms in total. The Morgan fingerprint density at radius 1 is 0.146 bits per heavy atom. The van der Waals surface area contributed by atoms with Crippen molar-refractivity contribution in [3.05, 3.63) is 497 Å². The minimum absolute atomic E-state index is 0.703. The van der Waals surface area contributed by atoms with Crippen molar-refractivity contribution in [2.75, 3.05) is 0 Å². The van der Waals surface area contributed by atoms with Gasteiger partial charge in [0.1, 0.15) is 5.82 Å². The molecule has 0 spiro atoms. The summed E-state index contributed by atoms with van der Waals surface area (Å²) in [6.07, 6.45) is 0. The lowest BCUT2D eigenvalue weighted by Crippen LogP contribution is -2.00. The van der Waals surface area contributed by atoms with E-state index in [0.717, 1.165) is 167 Å². The van der Waals surface area contributed by atoms with Crippen LogP contribution in [0.5, 0.6) is 0 Å². The molecule has 0 saturated carbocycles. The minimum atomic E-state index is 0.703. The van der Waals surface area contributed by atoms with E-state index in [4.69, 9.17) is 24.9 Å². The van der Waals surface area contributed by atoms with Gasteiger partial charge in [-0.15, -0.1) is 0 Å². The van der Waals surface area contributed by atoms with Crippen molar-refractivity contribution >= 4 is 130 Å². The molecular weight excluding hydrogens is 1660 g/mol. The normalized spacial score (nSPS) is 11.6. The Balaban J connectivity index is 0.000000142. The monoisotopic (exact) mass is 1740 g/mol. The first-order chi connectivity index (χ1) is 67.9. The lowest BCUT2D eigenvalue weighted by atomic mass is 9.87. The molecule has 636 valence electrons. The minimum Gasteiger partial charge on any atom is -0.292 e. The summed E-state index contributed by atoms with van der Waals surface area (Å²) >= 11 is 0. The van der Waals surface area contributed by atoms with E-state index in [9.17, 15) is 0 Å². The lowest BCUT2D eigenvalue weighted by molar-refractivity contribution is 1.07. The fourth-order valence-corrected chi connectivity index (χ4v) is 21.2. The second kappa shape index (κ2) is 33.6. The summed E-state index contributed by atoms with van der Waals surface area (Å²) in [7, 11) is 0. The van der Waals surface area contributed by atoms with E-state index in [1.165, 1.54) is 97.3 Å². The van der Waals surface area contributed by atoms with Crippen molar-refractivity contribution in [3.8, 4) is 141 Å². The van der Waals surface area contributed by atoms with E-state index in [2.05, 4.69) is 478 Å². The van der Waals surface area contributed by atoms with Crippen LogP contribution in [-0.4, -0.2) is 29.5 Å². The Kier molecular flexibility index (Phi) is 19.5. The van der Waals surface area contributed by atoms with Gasteiger partial charge in [0.2, 0.25) is 0 Å². The number of aromatic nitrogens is 6. The number of pyridine rings is 2. The van der Waals surface area contributed by atoms with Crippen molar-refractivity contribution < 1.29 is 0 Å². The smallest absolute Gasteiger partial charge is 0.160 e. The number of rotatable bonds is 13. The van der Waals surface area contributed by atoms with E-state index >= 15 is 0 Å². The lowest BCUT2D eigenvalue weighted by Gasteiger charge is -2.19. The molecule has 0 radical (unpaired) electrons. The molecule has 0 fully saturated rings. The fourth-order valence-electron chi connectivity index (χ4n) is 21.2. The van der Waals surface area contributed by atoms with Gasteiger partial charge in [0.05, 0.1) is 45.2 Å². The van der Waals surface area contributed by atoms with Crippen LogP contribution in [0.15, 0.2) is 497 Å². The van der Waals surface area contributed by atoms with Crippen LogP contribution in [-0.2, 0) is 0 Å². The summed E-state index contributed by atoms with van der Waals surface area (Å²) in [6, 6.07) is 179. The van der Waals surface area contributed by atoms with Gasteiger partial charge in [-0.3, -0.25) is 4.57 Å². The molecule has 0 aliphatic carbocycles. The quantitative estimate of drug-likeness (QED) is 0.108. The van der Waals surface area contributed by atoms with E-state index in [-0.39, 0.29) is 0 Å². The van der Waals surface area contributed by atoms with Gasteiger partial charge in [0, 0.05) is 71.7 Å². The molecule has 0 aliphatic heterocycles. The molecule has 23 aromatic carbocycles. The average Bonchev–Trinajstić information content (AvgIpc) is 1.02. The predicted octanol–water partition coefficient (Wildman–Crippen LogP) is 35.0. The Labute approximate surface area is 791 Å². The number of imidazole rings is 1. The third-order valence-electron chi connectivity index (χ3n) is 27.6. The van der Waals surface area contributed by atoms with Crippen LogP contribution < -0.4 is 0 Å².